The number of nitriles is 1. The third-order valence-electron chi connectivity index (χ3n) is 5.54. The van der Waals surface area contributed by atoms with E-state index in [1.54, 1.807) is 12.1 Å². The zero-order valence-corrected chi connectivity index (χ0v) is 12.6. The van der Waals surface area contributed by atoms with Crippen molar-refractivity contribution in [2.45, 2.75) is 45.4 Å². The topological polar surface area (TPSA) is 52.9 Å². The van der Waals surface area contributed by atoms with Gasteiger partial charge in [-0.2, -0.15) is 5.26 Å². The minimum atomic E-state index is 0.167. The minimum Gasteiger partial charge on any atom is -0.326 e. The van der Waals surface area contributed by atoms with E-state index in [0.29, 0.717) is 5.56 Å². The van der Waals surface area contributed by atoms with E-state index in [1.165, 1.54) is 32.1 Å². The number of anilines is 1. The molecule has 1 aromatic rings. The summed E-state index contributed by atoms with van der Waals surface area (Å²) in [6, 6.07) is 9.20. The van der Waals surface area contributed by atoms with Crippen LogP contribution in [0.4, 0.5) is 5.69 Å². The number of nitrogens with one attached hydrogen (secondary N) is 1. The van der Waals surface area contributed by atoms with Crippen LogP contribution in [0.3, 0.4) is 0 Å². The van der Waals surface area contributed by atoms with Crippen LogP contribution in [0.2, 0.25) is 0 Å². The molecule has 21 heavy (non-hydrogen) atoms. The molecule has 0 aromatic heterocycles. The predicted molar refractivity (Wildman–Crippen MR) is 82.6 cm³/mol. The molecule has 1 spiro atoms. The summed E-state index contributed by atoms with van der Waals surface area (Å²) in [7, 11) is 0. The van der Waals surface area contributed by atoms with Gasteiger partial charge < -0.3 is 5.32 Å². The van der Waals surface area contributed by atoms with Crippen molar-refractivity contribution in [2.24, 2.45) is 17.3 Å². The van der Waals surface area contributed by atoms with Gasteiger partial charge in [-0.3, -0.25) is 4.79 Å². The van der Waals surface area contributed by atoms with Crippen molar-refractivity contribution in [1.29, 1.82) is 5.26 Å². The number of rotatable bonds is 2. The SMILES string of the molecule is CC1CCC2(CC1)CCC2C(=O)Nc1ccc(C#N)cc1. The standard InChI is InChI=1S/C18H22N2O/c1-13-6-9-18(10-7-13)11-8-16(18)17(21)20-15-4-2-14(12-19)3-5-15/h2-5,13,16H,6-11H2,1H3,(H,20,21). The Morgan fingerprint density at radius 3 is 2.33 bits per heavy atom. The van der Waals surface area contributed by atoms with Crippen LogP contribution in [-0.4, -0.2) is 5.91 Å². The Bertz CT molecular complexity index is 562. The summed E-state index contributed by atoms with van der Waals surface area (Å²) in [4.78, 5) is 12.5. The van der Waals surface area contributed by atoms with Crippen LogP contribution in [0.25, 0.3) is 0 Å². The molecule has 0 bridgehead atoms. The number of carbonyl (C=O) groups excluding carboxylic acids is 1. The summed E-state index contributed by atoms with van der Waals surface area (Å²) in [5, 5.41) is 11.8. The van der Waals surface area contributed by atoms with E-state index in [4.69, 9.17) is 5.26 Å². The number of hydrogen-bond acceptors (Lipinski definition) is 2. The van der Waals surface area contributed by atoms with Crippen LogP contribution in [0.15, 0.2) is 24.3 Å². The number of amides is 1. The van der Waals surface area contributed by atoms with Gasteiger partial charge in [-0.15, -0.1) is 0 Å². The van der Waals surface area contributed by atoms with Gasteiger partial charge in [-0.25, -0.2) is 0 Å². The van der Waals surface area contributed by atoms with E-state index in [9.17, 15) is 4.79 Å². The molecular formula is C18H22N2O. The van der Waals surface area contributed by atoms with Crippen LogP contribution in [0.1, 0.15) is 51.0 Å². The molecule has 2 aliphatic rings. The van der Waals surface area contributed by atoms with E-state index in [0.717, 1.165) is 18.0 Å². The molecule has 3 nitrogen and oxygen atoms in total. The molecule has 0 heterocycles. The van der Waals surface area contributed by atoms with Gasteiger partial charge in [0.15, 0.2) is 0 Å². The third-order valence-corrected chi connectivity index (χ3v) is 5.54. The summed E-state index contributed by atoms with van der Waals surface area (Å²) >= 11 is 0. The first-order valence-corrected chi connectivity index (χ1v) is 7.94. The fourth-order valence-electron chi connectivity index (χ4n) is 3.90. The molecule has 1 unspecified atom stereocenters. The number of carbonyl (C=O) groups is 1. The van der Waals surface area contributed by atoms with Crippen molar-refractivity contribution < 1.29 is 4.79 Å². The van der Waals surface area contributed by atoms with Gasteiger partial charge in [0, 0.05) is 11.6 Å². The van der Waals surface area contributed by atoms with Crippen molar-refractivity contribution in [3.8, 4) is 6.07 Å². The lowest BCUT2D eigenvalue weighted by Crippen LogP contribution is -2.48. The molecule has 110 valence electrons. The Morgan fingerprint density at radius 1 is 1.19 bits per heavy atom. The van der Waals surface area contributed by atoms with E-state index in [1.807, 2.05) is 12.1 Å². The minimum absolute atomic E-state index is 0.167. The lowest BCUT2D eigenvalue weighted by Gasteiger charge is -2.52. The molecule has 1 N–H and O–H groups in total. The Balaban J connectivity index is 1.64. The second-order valence-electron chi connectivity index (χ2n) is 6.81. The molecule has 1 aromatic carbocycles. The fraction of sp³-hybridized carbons (Fsp3) is 0.556. The first kappa shape index (κ1) is 14.1. The summed E-state index contributed by atoms with van der Waals surface area (Å²) in [6.07, 6.45) is 7.18. The molecule has 2 aliphatic carbocycles. The molecule has 3 rings (SSSR count). The zero-order chi connectivity index (χ0) is 14.9. The molecule has 1 atom stereocenters. The normalized spacial score (nSPS) is 31.2. The van der Waals surface area contributed by atoms with Crippen LogP contribution in [-0.2, 0) is 4.79 Å². The zero-order valence-electron chi connectivity index (χ0n) is 12.6. The third kappa shape index (κ3) is 2.68. The second-order valence-corrected chi connectivity index (χ2v) is 6.81. The van der Waals surface area contributed by atoms with E-state index in [-0.39, 0.29) is 17.2 Å². The van der Waals surface area contributed by atoms with Crippen LogP contribution >= 0.6 is 0 Å². The molecule has 2 saturated carbocycles. The highest BCUT2D eigenvalue weighted by Gasteiger charge is 2.51. The van der Waals surface area contributed by atoms with Gasteiger partial charge in [0.25, 0.3) is 0 Å². The average molecular weight is 282 g/mol. The maximum Gasteiger partial charge on any atom is 0.228 e. The summed E-state index contributed by atoms with van der Waals surface area (Å²) in [6.45, 7) is 2.32. The number of benzene rings is 1. The van der Waals surface area contributed by atoms with E-state index >= 15 is 0 Å². The molecule has 2 fully saturated rings. The van der Waals surface area contributed by atoms with Gasteiger partial charge >= 0.3 is 0 Å². The van der Waals surface area contributed by atoms with Crippen LogP contribution < -0.4 is 5.32 Å². The first-order valence-electron chi connectivity index (χ1n) is 7.94. The highest BCUT2D eigenvalue weighted by Crippen LogP contribution is 2.56. The van der Waals surface area contributed by atoms with Crippen LogP contribution in [0, 0.1) is 28.6 Å². The second kappa shape index (κ2) is 5.52. The number of nitrogens with zero attached hydrogens (tertiary/aromatic N) is 1. The van der Waals surface area contributed by atoms with Gasteiger partial charge in [-0.1, -0.05) is 19.8 Å². The molecule has 1 amide bonds. The smallest absolute Gasteiger partial charge is 0.228 e. The molecule has 0 radical (unpaired) electrons. The maximum absolute atomic E-state index is 12.5. The van der Waals surface area contributed by atoms with Gasteiger partial charge in [0.2, 0.25) is 5.91 Å². The highest BCUT2D eigenvalue weighted by molar-refractivity contribution is 5.93. The molecule has 0 saturated heterocycles. The van der Waals surface area contributed by atoms with Crippen molar-refractivity contribution in [3.63, 3.8) is 0 Å². The monoisotopic (exact) mass is 282 g/mol. The molecule has 0 aliphatic heterocycles. The van der Waals surface area contributed by atoms with E-state index < -0.39 is 0 Å². The van der Waals surface area contributed by atoms with Crippen molar-refractivity contribution in [1.82, 2.24) is 0 Å². The van der Waals surface area contributed by atoms with Gasteiger partial charge in [0.05, 0.1) is 11.6 Å². The quantitative estimate of drug-likeness (QED) is 0.887. The van der Waals surface area contributed by atoms with Gasteiger partial charge in [-0.05, 0) is 61.3 Å². The maximum atomic E-state index is 12.5. The van der Waals surface area contributed by atoms with Crippen LogP contribution in [0.5, 0.6) is 0 Å². The van der Waals surface area contributed by atoms with E-state index in [2.05, 4.69) is 18.3 Å². The average Bonchev–Trinajstić information content (AvgIpc) is 2.48. The Labute approximate surface area is 126 Å². The highest BCUT2D eigenvalue weighted by atomic mass is 16.2. The van der Waals surface area contributed by atoms with Gasteiger partial charge in [0.1, 0.15) is 0 Å². The summed E-state index contributed by atoms with van der Waals surface area (Å²) in [5.41, 5.74) is 1.70. The lowest BCUT2D eigenvalue weighted by molar-refractivity contribution is -0.134. The largest absolute Gasteiger partial charge is 0.326 e. The number of hydrogen-bond donors (Lipinski definition) is 1. The molecule has 3 heteroatoms. The predicted octanol–water partition coefficient (Wildman–Crippen LogP) is 4.10. The lowest BCUT2D eigenvalue weighted by atomic mass is 9.52. The summed E-state index contributed by atoms with van der Waals surface area (Å²) < 4.78 is 0. The Morgan fingerprint density at radius 2 is 1.81 bits per heavy atom. The molecular weight excluding hydrogens is 260 g/mol. The first-order chi connectivity index (χ1) is 10.1. The van der Waals surface area contributed by atoms with Crippen molar-refractivity contribution >= 4 is 11.6 Å². The Hall–Kier alpha value is -1.82. The van der Waals surface area contributed by atoms with Crippen molar-refractivity contribution in [3.05, 3.63) is 29.8 Å². The Kier molecular flexibility index (Phi) is 3.71. The summed E-state index contributed by atoms with van der Waals surface area (Å²) in [5.74, 6) is 1.17. The van der Waals surface area contributed by atoms with Crippen molar-refractivity contribution in [2.75, 3.05) is 5.32 Å². The fourth-order valence-corrected chi connectivity index (χ4v) is 3.90.